The zero-order valence-electron chi connectivity index (χ0n) is 14.2. The Labute approximate surface area is 142 Å². The molecule has 0 N–H and O–H groups in total. The highest BCUT2D eigenvalue weighted by atomic mass is 16.5. The van der Waals surface area contributed by atoms with Gasteiger partial charge in [-0.25, -0.2) is 0 Å². The van der Waals surface area contributed by atoms with Crippen LogP contribution in [0.4, 0.5) is 5.69 Å². The van der Waals surface area contributed by atoms with Gasteiger partial charge in [0.2, 0.25) is 0 Å². The molecule has 1 aliphatic heterocycles. The van der Waals surface area contributed by atoms with Gasteiger partial charge in [0.05, 0.1) is 18.6 Å². The molecule has 2 aromatic rings. The first-order chi connectivity index (χ1) is 11.5. The maximum Gasteiger partial charge on any atom is 0.313 e. The number of hydrogen-bond acceptors (Lipinski definition) is 3. The van der Waals surface area contributed by atoms with Crippen LogP contribution in [-0.4, -0.2) is 18.0 Å². The number of esters is 1. The standard InChI is InChI=1S/C20H21NO3/c1-13(2)24-20(23)14(3)15-8-10-17(11-9-15)21-12-16-6-4-5-7-18(16)19(21)22/h4-11,13-14H,12H2,1-3H3. The lowest BCUT2D eigenvalue weighted by molar-refractivity contribution is -0.148. The number of benzene rings is 2. The number of ether oxygens (including phenoxy) is 1. The molecule has 0 aromatic heterocycles. The van der Waals surface area contributed by atoms with Crippen molar-refractivity contribution in [3.8, 4) is 0 Å². The SMILES string of the molecule is CC(C)OC(=O)C(C)c1ccc(N2Cc3ccccc3C2=O)cc1. The number of fused-ring (bicyclic) bond motifs is 1. The van der Waals surface area contributed by atoms with E-state index in [9.17, 15) is 9.59 Å². The molecule has 0 saturated carbocycles. The zero-order valence-corrected chi connectivity index (χ0v) is 14.2. The lowest BCUT2D eigenvalue weighted by atomic mass is 10.0. The summed E-state index contributed by atoms with van der Waals surface area (Å²) in [6, 6.07) is 15.2. The summed E-state index contributed by atoms with van der Waals surface area (Å²) in [5, 5.41) is 0. The van der Waals surface area contributed by atoms with E-state index in [0.717, 1.165) is 22.4 Å². The van der Waals surface area contributed by atoms with Gasteiger partial charge in [0.15, 0.2) is 0 Å². The molecule has 1 unspecified atom stereocenters. The number of anilines is 1. The Bertz CT molecular complexity index is 765. The summed E-state index contributed by atoms with van der Waals surface area (Å²) in [5.41, 5.74) is 3.52. The first-order valence-corrected chi connectivity index (χ1v) is 8.17. The molecule has 1 atom stereocenters. The minimum atomic E-state index is -0.326. The lowest BCUT2D eigenvalue weighted by Crippen LogP contribution is -2.23. The van der Waals surface area contributed by atoms with Crippen molar-refractivity contribution in [2.75, 3.05) is 4.90 Å². The van der Waals surface area contributed by atoms with E-state index in [2.05, 4.69) is 0 Å². The van der Waals surface area contributed by atoms with E-state index in [1.807, 2.05) is 69.3 Å². The molecular weight excluding hydrogens is 302 g/mol. The normalized spacial score (nSPS) is 14.7. The fourth-order valence-electron chi connectivity index (χ4n) is 2.88. The fraction of sp³-hybridized carbons (Fsp3) is 0.300. The van der Waals surface area contributed by atoms with Gasteiger partial charge in [0.25, 0.3) is 5.91 Å². The first kappa shape index (κ1) is 16.2. The van der Waals surface area contributed by atoms with Gasteiger partial charge in [-0.2, -0.15) is 0 Å². The minimum Gasteiger partial charge on any atom is -0.463 e. The Balaban J connectivity index is 1.76. The zero-order chi connectivity index (χ0) is 17.3. The minimum absolute atomic E-state index is 0.0191. The molecule has 0 aliphatic carbocycles. The third-order valence-electron chi connectivity index (χ3n) is 4.23. The van der Waals surface area contributed by atoms with E-state index in [4.69, 9.17) is 4.74 Å². The summed E-state index contributed by atoms with van der Waals surface area (Å²) in [6.45, 7) is 6.09. The highest BCUT2D eigenvalue weighted by Crippen LogP contribution is 2.29. The number of carbonyl (C=O) groups is 2. The lowest BCUT2D eigenvalue weighted by Gasteiger charge is -2.18. The number of amides is 1. The van der Waals surface area contributed by atoms with Gasteiger partial charge in [-0.05, 0) is 50.1 Å². The van der Waals surface area contributed by atoms with Gasteiger partial charge in [-0.1, -0.05) is 30.3 Å². The Kier molecular flexibility index (Phi) is 4.38. The van der Waals surface area contributed by atoms with Gasteiger partial charge >= 0.3 is 5.97 Å². The topological polar surface area (TPSA) is 46.6 Å². The van der Waals surface area contributed by atoms with Crippen molar-refractivity contribution in [3.05, 3.63) is 65.2 Å². The van der Waals surface area contributed by atoms with Crippen LogP contribution in [0.5, 0.6) is 0 Å². The second-order valence-corrected chi connectivity index (χ2v) is 6.35. The molecule has 2 aromatic carbocycles. The third kappa shape index (κ3) is 3.04. The van der Waals surface area contributed by atoms with E-state index in [1.54, 1.807) is 4.90 Å². The molecule has 124 valence electrons. The molecule has 1 heterocycles. The molecule has 24 heavy (non-hydrogen) atoms. The molecule has 1 amide bonds. The van der Waals surface area contributed by atoms with Crippen molar-refractivity contribution in [2.24, 2.45) is 0 Å². The van der Waals surface area contributed by atoms with Crippen LogP contribution in [-0.2, 0) is 16.1 Å². The second kappa shape index (κ2) is 6.48. The van der Waals surface area contributed by atoms with Crippen LogP contribution in [0.25, 0.3) is 0 Å². The molecule has 0 bridgehead atoms. The van der Waals surface area contributed by atoms with Crippen molar-refractivity contribution >= 4 is 17.6 Å². The summed E-state index contributed by atoms with van der Waals surface area (Å²) < 4.78 is 5.25. The van der Waals surface area contributed by atoms with Crippen LogP contribution in [0.2, 0.25) is 0 Å². The van der Waals surface area contributed by atoms with Crippen molar-refractivity contribution in [3.63, 3.8) is 0 Å². The summed E-state index contributed by atoms with van der Waals surface area (Å²) >= 11 is 0. The van der Waals surface area contributed by atoms with Gasteiger partial charge in [0, 0.05) is 11.3 Å². The maximum absolute atomic E-state index is 12.5. The highest BCUT2D eigenvalue weighted by molar-refractivity contribution is 6.09. The van der Waals surface area contributed by atoms with E-state index < -0.39 is 0 Å². The van der Waals surface area contributed by atoms with Crippen LogP contribution >= 0.6 is 0 Å². The van der Waals surface area contributed by atoms with E-state index >= 15 is 0 Å². The predicted octanol–water partition coefficient (Wildman–Crippen LogP) is 3.90. The van der Waals surface area contributed by atoms with Gasteiger partial charge in [-0.3, -0.25) is 9.59 Å². The molecular formula is C20H21NO3. The number of rotatable bonds is 4. The third-order valence-corrected chi connectivity index (χ3v) is 4.23. The van der Waals surface area contributed by atoms with Crippen LogP contribution in [0.1, 0.15) is 48.2 Å². The van der Waals surface area contributed by atoms with Crippen molar-refractivity contribution in [1.29, 1.82) is 0 Å². The van der Waals surface area contributed by atoms with Crippen LogP contribution < -0.4 is 4.90 Å². The number of carbonyl (C=O) groups excluding carboxylic acids is 2. The Morgan fingerprint density at radius 2 is 1.71 bits per heavy atom. The quantitative estimate of drug-likeness (QED) is 0.802. The van der Waals surface area contributed by atoms with Gasteiger partial charge in [0.1, 0.15) is 0 Å². The monoisotopic (exact) mass is 323 g/mol. The smallest absolute Gasteiger partial charge is 0.313 e. The summed E-state index contributed by atoms with van der Waals surface area (Å²) in [7, 11) is 0. The Morgan fingerprint density at radius 1 is 1.04 bits per heavy atom. The van der Waals surface area contributed by atoms with E-state index in [1.165, 1.54) is 0 Å². The molecule has 4 nitrogen and oxygen atoms in total. The number of hydrogen-bond donors (Lipinski definition) is 0. The molecule has 1 aliphatic rings. The molecule has 0 fully saturated rings. The van der Waals surface area contributed by atoms with Gasteiger partial charge in [-0.15, -0.1) is 0 Å². The molecule has 0 saturated heterocycles. The summed E-state index contributed by atoms with van der Waals surface area (Å²) in [6.07, 6.45) is -0.125. The second-order valence-electron chi connectivity index (χ2n) is 6.35. The molecule has 0 spiro atoms. The summed E-state index contributed by atoms with van der Waals surface area (Å²) in [5.74, 6) is -0.541. The van der Waals surface area contributed by atoms with Crippen LogP contribution in [0, 0.1) is 0 Å². The fourth-order valence-corrected chi connectivity index (χ4v) is 2.88. The van der Waals surface area contributed by atoms with Crippen molar-refractivity contribution < 1.29 is 14.3 Å². The molecule has 4 heteroatoms. The van der Waals surface area contributed by atoms with E-state index in [0.29, 0.717) is 6.54 Å². The Morgan fingerprint density at radius 3 is 2.33 bits per heavy atom. The van der Waals surface area contributed by atoms with Crippen LogP contribution in [0.3, 0.4) is 0 Å². The first-order valence-electron chi connectivity index (χ1n) is 8.17. The largest absolute Gasteiger partial charge is 0.463 e. The summed E-state index contributed by atoms with van der Waals surface area (Å²) in [4.78, 5) is 26.3. The average molecular weight is 323 g/mol. The van der Waals surface area contributed by atoms with E-state index in [-0.39, 0.29) is 23.9 Å². The molecule has 3 rings (SSSR count). The maximum atomic E-state index is 12.5. The van der Waals surface area contributed by atoms with Gasteiger partial charge < -0.3 is 9.64 Å². The molecule has 0 radical (unpaired) electrons. The number of nitrogens with zero attached hydrogens (tertiary/aromatic N) is 1. The van der Waals surface area contributed by atoms with Crippen LogP contribution in [0.15, 0.2) is 48.5 Å². The Hall–Kier alpha value is -2.62. The van der Waals surface area contributed by atoms with Crippen molar-refractivity contribution in [2.45, 2.75) is 39.3 Å². The highest BCUT2D eigenvalue weighted by Gasteiger charge is 2.28. The van der Waals surface area contributed by atoms with Crippen molar-refractivity contribution in [1.82, 2.24) is 0 Å². The average Bonchev–Trinajstić information content (AvgIpc) is 2.91. The predicted molar refractivity (Wildman–Crippen MR) is 93.0 cm³/mol.